The summed E-state index contributed by atoms with van der Waals surface area (Å²) in [4.78, 5) is 2.44. The molecule has 0 radical (unpaired) electrons. The van der Waals surface area contributed by atoms with E-state index in [1.54, 1.807) is 0 Å². The van der Waals surface area contributed by atoms with Crippen molar-refractivity contribution < 1.29 is 0 Å². The molecule has 0 aliphatic heterocycles. The van der Waals surface area contributed by atoms with Gasteiger partial charge in [-0.05, 0) is 104 Å². The summed E-state index contributed by atoms with van der Waals surface area (Å²) >= 11 is 1.87. The minimum atomic E-state index is 1.08. The molecule has 0 amide bonds. The van der Waals surface area contributed by atoms with Crippen LogP contribution in [0, 0.1) is 0 Å². The Kier molecular flexibility index (Phi) is 9.82. The van der Waals surface area contributed by atoms with E-state index in [1.807, 2.05) is 11.3 Å². The van der Waals surface area contributed by atoms with E-state index in [4.69, 9.17) is 0 Å². The molecular formula is C60H41NS. The van der Waals surface area contributed by atoms with Crippen LogP contribution in [-0.2, 0) is 0 Å². The van der Waals surface area contributed by atoms with Crippen LogP contribution in [0.3, 0.4) is 0 Å². The summed E-state index contributed by atoms with van der Waals surface area (Å²) in [6.45, 7) is 0. The Bertz CT molecular complexity index is 3350. The fourth-order valence-corrected chi connectivity index (χ4v) is 10.2. The maximum atomic E-state index is 2.44. The van der Waals surface area contributed by atoms with Crippen LogP contribution in [0.1, 0.15) is 0 Å². The van der Waals surface area contributed by atoms with Crippen molar-refractivity contribution in [1.29, 1.82) is 0 Å². The maximum Gasteiger partial charge on any atom is 0.0540 e. The largest absolute Gasteiger partial charge is 0.310 e. The smallest absolute Gasteiger partial charge is 0.0540 e. The predicted molar refractivity (Wildman–Crippen MR) is 267 cm³/mol. The van der Waals surface area contributed by atoms with Crippen molar-refractivity contribution in [2.75, 3.05) is 4.90 Å². The van der Waals surface area contributed by atoms with Crippen LogP contribution in [-0.4, -0.2) is 0 Å². The highest BCUT2D eigenvalue weighted by atomic mass is 32.1. The minimum absolute atomic E-state index is 1.08. The second-order valence-corrected chi connectivity index (χ2v) is 16.7. The molecule has 0 saturated heterocycles. The van der Waals surface area contributed by atoms with Crippen LogP contribution in [0.2, 0.25) is 0 Å². The number of benzene rings is 10. The summed E-state index contributed by atoms with van der Waals surface area (Å²) in [7, 11) is 0. The lowest BCUT2D eigenvalue weighted by Crippen LogP contribution is -2.11. The number of para-hydroxylation sites is 1. The van der Waals surface area contributed by atoms with E-state index in [0.29, 0.717) is 0 Å². The van der Waals surface area contributed by atoms with Crippen molar-refractivity contribution in [1.82, 2.24) is 0 Å². The van der Waals surface area contributed by atoms with E-state index >= 15 is 0 Å². The quantitative estimate of drug-likeness (QED) is 0.140. The number of rotatable bonds is 9. The summed E-state index contributed by atoms with van der Waals surface area (Å²) < 4.78 is 2.62. The van der Waals surface area contributed by atoms with Gasteiger partial charge in [0.05, 0.1) is 5.69 Å². The first-order valence-electron chi connectivity index (χ1n) is 21.2. The highest BCUT2D eigenvalue weighted by Gasteiger charge is 2.21. The predicted octanol–water partition coefficient (Wildman–Crippen LogP) is 17.5. The summed E-state index contributed by atoms with van der Waals surface area (Å²) in [6.07, 6.45) is 0. The van der Waals surface area contributed by atoms with Crippen LogP contribution in [0.25, 0.3) is 86.9 Å². The molecule has 0 spiro atoms. The third-order valence-electron chi connectivity index (χ3n) is 11.9. The van der Waals surface area contributed by atoms with E-state index in [0.717, 1.165) is 22.6 Å². The Hall–Kier alpha value is -7.78. The molecule has 292 valence electrons. The molecule has 0 atom stereocenters. The normalized spacial score (nSPS) is 11.2. The van der Waals surface area contributed by atoms with Gasteiger partial charge in [-0.1, -0.05) is 206 Å². The lowest BCUT2D eigenvalue weighted by atomic mass is 9.88. The highest BCUT2D eigenvalue weighted by molar-refractivity contribution is 7.26. The zero-order chi connectivity index (χ0) is 41.2. The minimum Gasteiger partial charge on any atom is -0.310 e. The van der Waals surface area contributed by atoms with Crippen LogP contribution in [0.4, 0.5) is 17.1 Å². The van der Waals surface area contributed by atoms with E-state index in [-0.39, 0.29) is 0 Å². The van der Waals surface area contributed by atoms with Gasteiger partial charge >= 0.3 is 0 Å². The second kappa shape index (κ2) is 16.3. The fraction of sp³-hybridized carbons (Fsp3) is 0. The van der Waals surface area contributed by atoms with Gasteiger partial charge in [0.25, 0.3) is 0 Å². The first-order valence-corrected chi connectivity index (χ1v) is 22.0. The Labute approximate surface area is 367 Å². The Morgan fingerprint density at radius 2 is 0.742 bits per heavy atom. The second-order valence-electron chi connectivity index (χ2n) is 15.6. The Morgan fingerprint density at radius 1 is 0.258 bits per heavy atom. The molecule has 11 rings (SSSR count). The summed E-state index contributed by atoms with van der Waals surface area (Å²) in [5.74, 6) is 0. The zero-order valence-electron chi connectivity index (χ0n) is 34.0. The van der Waals surface area contributed by atoms with Crippen molar-refractivity contribution in [3.63, 3.8) is 0 Å². The summed E-state index contributed by atoms with van der Waals surface area (Å²) in [6, 6.07) is 90.3. The van der Waals surface area contributed by atoms with Crippen LogP contribution < -0.4 is 4.90 Å². The number of hydrogen-bond donors (Lipinski definition) is 0. The van der Waals surface area contributed by atoms with Gasteiger partial charge in [-0.25, -0.2) is 0 Å². The van der Waals surface area contributed by atoms with E-state index < -0.39 is 0 Å². The van der Waals surface area contributed by atoms with E-state index in [1.165, 1.54) is 81.4 Å². The molecule has 1 heterocycles. The van der Waals surface area contributed by atoms with Gasteiger partial charge in [0.2, 0.25) is 0 Å². The zero-order valence-corrected chi connectivity index (χ0v) is 34.8. The molecule has 1 aromatic heterocycles. The molecule has 11 aromatic rings. The third-order valence-corrected chi connectivity index (χ3v) is 13.1. The van der Waals surface area contributed by atoms with Crippen LogP contribution in [0.15, 0.2) is 249 Å². The van der Waals surface area contributed by atoms with Crippen molar-refractivity contribution in [3.8, 4) is 66.8 Å². The molecule has 0 fully saturated rings. The molecule has 0 aliphatic rings. The molecular weight excluding hydrogens is 767 g/mol. The average Bonchev–Trinajstić information content (AvgIpc) is 3.74. The lowest BCUT2D eigenvalue weighted by molar-refractivity contribution is 1.28. The van der Waals surface area contributed by atoms with Crippen LogP contribution in [0.5, 0.6) is 0 Å². The van der Waals surface area contributed by atoms with Crippen molar-refractivity contribution >= 4 is 48.6 Å². The molecule has 1 nitrogen and oxygen atoms in total. The molecule has 0 bridgehead atoms. The van der Waals surface area contributed by atoms with E-state index in [2.05, 4.69) is 254 Å². The third kappa shape index (κ3) is 6.97. The Morgan fingerprint density at radius 3 is 1.48 bits per heavy atom. The van der Waals surface area contributed by atoms with Gasteiger partial charge in [-0.3, -0.25) is 0 Å². The van der Waals surface area contributed by atoms with Gasteiger partial charge in [0, 0.05) is 37.1 Å². The SMILES string of the molecule is c1ccc(-c2cccc(-c3ccc(N(c4cccc(-c5cccc6c5sc5ccccc56)c4)c4ccccc4-c4ccccc4-c4ccccc4-c4ccccc4)cc3)c2)cc1. The van der Waals surface area contributed by atoms with Gasteiger partial charge in [-0.15, -0.1) is 11.3 Å². The van der Waals surface area contributed by atoms with Gasteiger partial charge in [0.15, 0.2) is 0 Å². The Balaban J connectivity index is 1.08. The lowest BCUT2D eigenvalue weighted by Gasteiger charge is -2.29. The van der Waals surface area contributed by atoms with Crippen molar-refractivity contribution in [3.05, 3.63) is 249 Å². The van der Waals surface area contributed by atoms with Crippen molar-refractivity contribution in [2.45, 2.75) is 0 Å². The van der Waals surface area contributed by atoms with E-state index in [9.17, 15) is 0 Å². The number of thiophene rings is 1. The molecule has 10 aromatic carbocycles. The molecule has 0 saturated carbocycles. The maximum absolute atomic E-state index is 2.44. The number of anilines is 3. The standard InChI is InChI=1S/C60H41NS/c1-3-18-42(19-4-1)45-22-15-23-46(40-45)43-36-38-48(39-37-43)61(49-25-16-24-47(41-49)51-32-17-33-57-56-31-12-14-35-59(56)62-60(51)57)58-34-13-11-30-55(58)54-29-10-9-28-53(54)52-27-8-7-26-50(52)44-20-5-2-6-21-44/h1-41H. The number of nitrogens with zero attached hydrogens (tertiary/aromatic N) is 1. The van der Waals surface area contributed by atoms with Gasteiger partial charge in [0.1, 0.15) is 0 Å². The fourth-order valence-electron chi connectivity index (χ4n) is 8.96. The molecule has 62 heavy (non-hydrogen) atoms. The topological polar surface area (TPSA) is 3.24 Å². The first kappa shape index (κ1) is 37.2. The van der Waals surface area contributed by atoms with Gasteiger partial charge < -0.3 is 4.90 Å². The van der Waals surface area contributed by atoms with Gasteiger partial charge in [-0.2, -0.15) is 0 Å². The molecule has 0 aliphatic carbocycles. The first-order chi connectivity index (χ1) is 30.8. The van der Waals surface area contributed by atoms with Crippen LogP contribution >= 0.6 is 11.3 Å². The number of fused-ring (bicyclic) bond motifs is 3. The molecule has 0 N–H and O–H groups in total. The summed E-state index contributed by atoms with van der Waals surface area (Å²) in [5.41, 5.74) is 17.6. The number of hydrogen-bond acceptors (Lipinski definition) is 2. The summed E-state index contributed by atoms with van der Waals surface area (Å²) in [5, 5.41) is 2.61. The molecule has 0 unspecified atom stereocenters. The highest BCUT2D eigenvalue weighted by Crippen LogP contribution is 2.47. The van der Waals surface area contributed by atoms with Crippen molar-refractivity contribution in [2.24, 2.45) is 0 Å². The average molecular weight is 808 g/mol. The monoisotopic (exact) mass is 807 g/mol. The molecule has 2 heteroatoms.